The normalized spacial score (nSPS) is 17.6. The van der Waals surface area contributed by atoms with Crippen molar-refractivity contribution < 1.29 is 22.8 Å². The van der Waals surface area contributed by atoms with E-state index < -0.39 is 11.7 Å². The van der Waals surface area contributed by atoms with E-state index in [0.29, 0.717) is 47.2 Å². The molecule has 0 N–H and O–H groups in total. The van der Waals surface area contributed by atoms with Gasteiger partial charge in [-0.05, 0) is 34.7 Å². The number of rotatable bonds is 4. The second-order valence-electron chi connectivity index (χ2n) is 8.31. The molecule has 2 aromatic heterocycles. The molecule has 2 saturated heterocycles. The summed E-state index contributed by atoms with van der Waals surface area (Å²) in [6.07, 6.45) is -2.78. The maximum absolute atomic E-state index is 13.0. The van der Waals surface area contributed by atoms with Crippen LogP contribution < -0.4 is 0 Å². The number of alkyl halides is 3. The molecule has 178 valence electrons. The summed E-state index contributed by atoms with van der Waals surface area (Å²) < 4.78 is 39.0. The summed E-state index contributed by atoms with van der Waals surface area (Å²) >= 11 is 2.59. The number of thiazole rings is 1. The smallest absolute Gasteiger partial charge is 0.335 e. The van der Waals surface area contributed by atoms with Crippen molar-refractivity contribution in [2.75, 3.05) is 39.3 Å². The average Bonchev–Trinajstić information content (AvgIpc) is 3.50. The molecule has 0 atom stereocenters. The lowest BCUT2D eigenvalue weighted by molar-refractivity contribution is -0.137. The molecular weight excluding hydrogens is 485 g/mol. The molecule has 2 aliphatic heterocycles. The Kier molecular flexibility index (Phi) is 6.17. The van der Waals surface area contributed by atoms with E-state index in [1.165, 1.54) is 28.7 Å². The Morgan fingerprint density at radius 1 is 0.941 bits per heavy atom. The third-order valence-corrected chi connectivity index (χ3v) is 7.90. The number of nitrogens with zero attached hydrogens (tertiary/aromatic N) is 4. The number of hydrogen-bond acceptors (Lipinski definition) is 6. The van der Waals surface area contributed by atoms with E-state index in [-0.39, 0.29) is 17.9 Å². The van der Waals surface area contributed by atoms with Crippen molar-refractivity contribution in [3.05, 3.63) is 62.7 Å². The lowest BCUT2D eigenvalue weighted by atomic mass is 10.0. The highest BCUT2D eigenvalue weighted by Crippen LogP contribution is 2.34. The fourth-order valence-corrected chi connectivity index (χ4v) is 5.72. The summed E-state index contributed by atoms with van der Waals surface area (Å²) in [5.74, 6) is -0.133. The van der Waals surface area contributed by atoms with E-state index in [4.69, 9.17) is 0 Å². The average molecular weight is 507 g/mol. The predicted octanol–water partition coefficient (Wildman–Crippen LogP) is 4.17. The summed E-state index contributed by atoms with van der Waals surface area (Å²) in [5.41, 5.74) is 0.345. The van der Waals surface area contributed by atoms with Gasteiger partial charge in [0.15, 0.2) is 5.01 Å². The Morgan fingerprint density at radius 2 is 1.71 bits per heavy atom. The van der Waals surface area contributed by atoms with E-state index in [0.717, 1.165) is 25.2 Å². The van der Waals surface area contributed by atoms with Gasteiger partial charge in [-0.1, -0.05) is 12.1 Å². The third kappa shape index (κ3) is 4.59. The van der Waals surface area contributed by atoms with Crippen molar-refractivity contribution >= 4 is 34.5 Å². The standard InChI is InChI=1S/C23H21F3N4O2S2/c24-23(25,26)17-3-1-2-15(10-17)16-11-19(34-14-16)21(31)30-12-18(13-30)28-5-7-29(8-6-28)22(32)20-27-4-9-33-20/h1-4,9-11,14,18H,5-8,12-13H2. The molecule has 1 aromatic carbocycles. The van der Waals surface area contributed by atoms with Gasteiger partial charge in [-0.3, -0.25) is 14.5 Å². The molecule has 0 saturated carbocycles. The van der Waals surface area contributed by atoms with Crippen molar-refractivity contribution in [1.29, 1.82) is 0 Å². The van der Waals surface area contributed by atoms with Gasteiger partial charge in [0.1, 0.15) is 0 Å². The van der Waals surface area contributed by atoms with Gasteiger partial charge in [0, 0.05) is 56.9 Å². The first kappa shape index (κ1) is 23.0. The molecule has 0 aliphatic carbocycles. The van der Waals surface area contributed by atoms with Crippen molar-refractivity contribution in [2.45, 2.75) is 12.2 Å². The van der Waals surface area contributed by atoms with Crippen LogP contribution in [-0.2, 0) is 6.18 Å². The molecular formula is C23H21F3N4O2S2. The van der Waals surface area contributed by atoms with Crippen molar-refractivity contribution in [3.8, 4) is 11.1 Å². The molecule has 0 spiro atoms. The second kappa shape index (κ2) is 9.12. The van der Waals surface area contributed by atoms with E-state index in [1.807, 2.05) is 4.90 Å². The SMILES string of the molecule is O=C(c1cc(-c2cccc(C(F)(F)F)c2)cs1)N1CC(N2CCN(C(=O)c3nccs3)CC2)C1. The van der Waals surface area contributed by atoms with Crippen molar-refractivity contribution in [3.63, 3.8) is 0 Å². The predicted molar refractivity (Wildman–Crippen MR) is 124 cm³/mol. The lowest BCUT2D eigenvalue weighted by Crippen LogP contribution is -2.64. The first-order valence-electron chi connectivity index (χ1n) is 10.8. The van der Waals surface area contributed by atoms with Gasteiger partial charge in [-0.15, -0.1) is 22.7 Å². The topological polar surface area (TPSA) is 56.8 Å². The van der Waals surface area contributed by atoms with Crippen LogP contribution in [0.2, 0.25) is 0 Å². The molecule has 0 bridgehead atoms. The number of halogens is 3. The Morgan fingerprint density at radius 3 is 2.38 bits per heavy atom. The Bertz CT molecular complexity index is 1180. The van der Waals surface area contributed by atoms with E-state index in [9.17, 15) is 22.8 Å². The molecule has 34 heavy (non-hydrogen) atoms. The number of benzene rings is 1. The van der Waals surface area contributed by atoms with Crippen LogP contribution in [0.1, 0.15) is 25.0 Å². The van der Waals surface area contributed by atoms with Crippen molar-refractivity contribution in [2.24, 2.45) is 0 Å². The first-order valence-corrected chi connectivity index (χ1v) is 12.5. The summed E-state index contributed by atoms with van der Waals surface area (Å²) in [6.45, 7) is 3.99. The molecule has 2 aliphatic rings. The molecule has 2 fully saturated rings. The lowest BCUT2D eigenvalue weighted by Gasteiger charge is -2.47. The van der Waals surface area contributed by atoms with Crippen LogP contribution in [0.4, 0.5) is 13.2 Å². The highest BCUT2D eigenvalue weighted by Gasteiger charge is 2.37. The van der Waals surface area contributed by atoms with Gasteiger partial charge in [0.25, 0.3) is 11.8 Å². The number of thiophene rings is 1. The monoisotopic (exact) mass is 506 g/mol. The molecule has 5 rings (SSSR count). The second-order valence-corrected chi connectivity index (χ2v) is 10.1. The number of hydrogen-bond donors (Lipinski definition) is 0. The van der Waals surface area contributed by atoms with E-state index >= 15 is 0 Å². The van der Waals surface area contributed by atoms with E-state index in [2.05, 4.69) is 9.88 Å². The Balaban J connectivity index is 1.14. The third-order valence-electron chi connectivity index (χ3n) is 6.22. The molecule has 0 unspecified atom stereocenters. The van der Waals surface area contributed by atoms with Crippen LogP contribution in [0.5, 0.6) is 0 Å². The maximum atomic E-state index is 13.0. The zero-order valence-corrected chi connectivity index (χ0v) is 19.6. The van der Waals surface area contributed by atoms with Crippen LogP contribution >= 0.6 is 22.7 Å². The molecule has 2 amide bonds. The largest absolute Gasteiger partial charge is 0.416 e. The minimum Gasteiger partial charge on any atom is -0.335 e. The molecule has 3 aromatic rings. The number of amides is 2. The van der Waals surface area contributed by atoms with Crippen LogP contribution in [0.3, 0.4) is 0 Å². The highest BCUT2D eigenvalue weighted by atomic mass is 32.1. The zero-order chi connectivity index (χ0) is 23.9. The Hall–Kier alpha value is -2.76. The van der Waals surface area contributed by atoms with Gasteiger partial charge in [0.05, 0.1) is 10.4 Å². The van der Waals surface area contributed by atoms with Gasteiger partial charge in [0.2, 0.25) is 0 Å². The molecule has 0 radical (unpaired) electrons. The number of likely N-dealkylation sites (tertiary alicyclic amines) is 1. The molecule has 11 heteroatoms. The first-order chi connectivity index (χ1) is 16.3. The summed E-state index contributed by atoms with van der Waals surface area (Å²) in [5, 5.41) is 4.02. The fourth-order valence-electron chi connectivity index (χ4n) is 4.24. The quantitative estimate of drug-likeness (QED) is 0.533. The van der Waals surface area contributed by atoms with Gasteiger partial charge >= 0.3 is 6.18 Å². The summed E-state index contributed by atoms with van der Waals surface area (Å²) in [6, 6.07) is 7.06. The number of carbonyl (C=O) groups excluding carboxylic acids is 2. The molecule has 6 nitrogen and oxygen atoms in total. The van der Waals surface area contributed by atoms with Crippen molar-refractivity contribution in [1.82, 2.24) is 19.7 Å². The van der Waals surface area contributed by atoms with Gasteiger partial charge < -0.3 is 9.80 Å². The van der Waals surface area contributed by atoms with Gasteiger partial charge in [-0.25, -0.2) is 4.98 Å². The van der Waals surface area contributed by atoms with E-state index in [1.54, 1.807) is 34.0 Å². The highest BCUT2D eigenvalue weighted by molar-refractivity contribution is 7.12. The minimum atomic E-state index is -4.41. The Labute approximate surface area is 202 Å². The summed E-state index contributed by atoms with van der Waals surface area (Å²) in [4.78, 5) is 35.8. The zero-order valence-electron chi connectivity index (χ0n) is 18.0. The number of aromatic nitrogens is 1. The fraction of sp³-hybridized carbons (Fsp3) is 0.348. The van der Waals surface area contributed by atoms with Gasteiger partial charge in [-0.2, -0.15) is 13.2 Å². The van der Waals surface area contributed by atoms with Crippen LogP contribution in [-0.4, -0.2) is 76.8 Å². The van der Waals surface area contributed by atoms with Crippen LogP contribution in [0, 0.1) is 0 Å². The number of piperazine rings is 1. The van der Waals surface area contributed by atoms with Crippen LogP contribution in [0.15, 0.2) is 47.3 Å². The maximum Gasteiger partial charge on any atom is 0.416 e. The molecule has 4 heterocycles. The number of carbonyl (C=O) groups is 2. The minimum absolute atomic E-state index is 0.0330. The summed E-state index contributed by atoms with van der Waals surface area (Å²) in [7, 11) is 0. The van der Waals surface area contributed by atoms with Crippen LogP contribution in [0.25, 0.3) is 11.1 Å².